The normalized spacial score (nSPS) is 17.6. The minimum atomic E-state index is 0. The van der Waals surface area contributed by atoms with Crippen molar-refractivity contribution >= 4 is 36.4 Å². The van der Waals surface area contributed by atoms with E-state index in [0.29, 0.717) is 6.54 Å². The molecule has 1 atom stereocenters. The second kappa shape index (κ2) is 8.17. The Morgan fingerprint density at radius 1 is 1.43 bits per heavy atom. The van der Waals surface area contributed by atoms with E-state index in [0.717, 1.165) is 37.3 Å². The Morgan fingerprint density at radius 3 is 3.05 bits per heavy atom. The molecule has 0 bridgehead atoms. The summed E-state index contributed by atoms with van der Waals surface area (Å²) in [4.78, 5) is 20.3. The third-order valence-corrected chi connectivity index (χ3v) is 3.51. The van der Waals surface area contributed by atoms with Crippen molar-refractivity contribution < 1.29 is 4.79 Å². The van der Waals surface area contributed by atoms with E-state index in [9.17, 15) is 4.79 Å². The Balaban J connectivity index is 0.00000110. The fourth-order valence-electron chi connectivity index (χ4n) is 2.42. The Kier molecular flexibility index (Phi) is 6.87. The molecule has 8 heteroatoms. The number of fused-ring (bicyclic) bond motifs is 1. The summed E-state index contributed by atoms with van der Waals surface area (Å²) in [5, 5.41) is 6.24. The van der Waals surface area contributed by atoms with Crippen LogP contribution in [0.25, 0.3) is 5.65 Å². The second-order valence-corrected chi connectivity index (χ2v) is 4.82. The Labute approximate surface area is 135 Å². The summed E-state index contributed by atoms with van der Waals surface area (Å²) in [6.45, 7) is 2.30. The Morgan fingerprint density at radius 2 is 2.29 bits per heavy atom. The van der Waals surface area contributed by atoms with Crippen molar-refractivity contribution in [2.75, 3.05) is 13.1 Å². The molecule has 3 heterocycles. The molecule has 0 saturated carbocycles. The fourth-order valence-corrected chi connectivity index (χ4v) is 2.42. The fraction of sp³-hybridized carbons (Fsp3) is 0.462. The van der Waals surface area contributed by atoms with Gasteiger partial charge in [-0.25, -0.2) is 4.98 Å². The molecule has 0 spiro atoms. The summed E-state index contributed by atoms with van der Waals surface area (Å²) in [5.41, 5.74) is 1.76. The predicted octanol–water partition coefficient (Wildman–Crippen LogP) is 1.19. The molecule has 6 nitrogen and oxygen atoms in total. The first kappa shape index (κ1) is 17.7. The molecule has 0 aromatic carbocycles. The van der Waals surface area contributed by atoms with Gasteiger partial charge in [0.1, 0.15) is 0 Å². The van der Waals surface area contributed by atoms with Gasteiger partial charge in [0.25, 0.3) is 0 Å². The van der Waals surface area contributed by atoms with Crippen molar-refractivity contribution in [1.29, 1.82) is 0 Å². The summed E-state index contributed by atoms with van der Waals surface area (Å²) in [7, 11) is 0. The first-order valence-electron chi connectivity index (χ1n) is 6.59. The van der Waals surface area contributed by atoms with Crippen molar-refractivity contribution in [3.63, 3.8) is 0 Å². The second-order valence-electron chi connectivity index (χ2n) is 4.82. The van der Waals surface area contributed by atoms with Crippen molar-refractivity contribution in [3.8, 4) is 0 Å². The number of piperidine rings is 1. The van der Waals surface area contributed by atoms with Gasteiger partial charge in [0.15, 0.2) is 5.65 Å². The van der Waals surface area contributed by atoms with Gasteiger partial charge < -0.3 is 10.6 Å². The number of amides is 1. The van der Waals surface area contributed by atoms with Gasteiger partial charge in [0, 0.05) is 18.9 Å². The van der Waals surface area contributed by atoms with Crippen molar-refractivity contribution in [2.45, 2.75) is 19.4 Å². The molecule has 2 aromatic rings. The van der Waals surface area contributed by atoms with E-state index in [1.165, 1.54) is 0 Å². The molecule has 1 aliphatic heterocycles. The van der Waals surface area contributed by atoms with Crippen molar-refractivity contribution in [2.24, 2.45) is 5.92 Å². The molecule has 0 aliphatic carbocycles. The lowest BCUT2D eigenvalue weighted by molar-refractivity contribution is -0.125. The molecular formula is C13H19Cl2N5O. The lowest BCUT2D eigenvalue weighted by Crippen LogP contribution is -2.40. The maximum Gasteiger partial charge on any atom is 0.224 e. The first-order chi connectivity index (χ1) is 9.34. The highest BCUT2D eigenvalue weighted by molar-refractivity contribution is 5.85. The molecule has 116 valence electrons. The van der Waals surface area contributed by atoms with E-state index in [1.54, 1.807) is 18.6 Å². The summed E-state index contributed by atoms with van der Waals surface area (Å²) in [6, 6.07) is 0. The van der Waals surface area contributed by atoms with E-state index in [2.05, 4.69) is 20.6 Å². The van der Waals surface area contributed by atoms with E-state index < -0.39 is 0 Å². The zero-order valence-corrected chi connectivity index (χ0v) is 13.1. The largest absolute Gasteiger partial charge is 0.350 e. The standard InChI is InChI=1S/C13H17N5O.2ClH/c19-13(10-2-1-3-14-6-10)17-8-11-7-16-12-9-15-4-5-18(11)12;;/h4-5,7,9-10,14H,1-3,6,8H2,(H,17,19);2*1H. The number of imidazole rings is 1. The van der Waals surface area contributed by atoms with Crippen molar-refractivity contribution in [1.82, 2.24) is 25.0 Å². The number of aromatic nitrogens is 3. The van der Waals surface area contributed by atoms with Crippen LogP contribution < -0.4 is 10.6 Å². The van der Waals surface area contributed by atoms with E-state index >= 15 is 0 Å². The summed E-state index contributed by atoms with van der Waals surface area (Å²) in [5.74, 6) is 0.214. The van der Waals surface area contributed by atoms with Crippen LogP contribution in [0.15, 0.2) is 24.8 Å². The molecule has 2 aromatic heterocycles. The molecule has 1 unspecified atom stereocenters. The number of hydrogen-bond donors (Lipinski definition) is 2. The Bertz CT molecular complexity index is 583. The van der Waals surface area contributed by atoms with E-state index in [1.807, 2.05) is 10.6 Å². The van der Waals surface area contributed by atoms with Gasteiger partial charge in [0.2, 0.25) is 5.91 Å². The number of carbonyl (C=O) groups excluding carboxylic acids is 1. The molecule has 3 rings (SSSR count). The predicted molar refractivity (Wildman–Crippen MR) is 84.9 cm³/mol. The van der Waals surface area contributed by atoms with Gasteiger partial charge >= 0.3 is 0 Å². The monoisotopic (exact) mass is 331 g/mol. The molecule has 1 amide bonds. The van der Waals surface area contributed by atoms with Gasteiger partial charge in [-0.2, -0.15) is 0 Å². The molecule has 1 aliphatic rings. The quantitative estimate of drug-likeness (QED) is 0.886. The number of rotatable bonds is 3. The smallest absolute Gasteiger partial charge is 0.224 e. The highest BCUT2D eigenvalue weighted by atomic mass is 35.5. The summed E-state index contributed by atoms with van der Waals surface area (Å²) in [6.07, 6.45) is 9.08. The molecule has 2 N–H and O–H groups in total. The topological polar surface area (TPSA) is 71.3 Å². The minimum Gasteiger partial charge on any atom is -0.350 e. The maximum atomic E-state index is 12.0. The van der Waals surface area contributed by atoms with Gasteiger partial charge in [-0.3, -0.25) is 14.2 Å². The average molecular weight is 332 g/mol. The van der Waals surface area contributed by atoms with Crippen LogP contribution in [-0.2, 0) is 11.3 Å². The van der Waals surface area contributed by atoms with Gasteiger partial charge in [-0.1, -0.05) is 0 Å². The number of halogens is 2. The molecular weight excluding hydrogens is 313 g/mol. The third-order valence-electron chi connectivity index (χ3n) is 3.51. The Hall–Kier alpha value is -1.37. The van der Waals surface area contributed by atoms with Crippen LogP contribution in [0.4, 0.5) is 0 Å². The average Bonchev–Trinajstić information content (AvgIpc) is 2.89. The van der Waals surface area contributed by atoms with Gasteiger partial charge in [-0.05, 0) is 19.4 Å². The van der Waals surface area contributed by atoms with Crippen LogP contribution >= 0.6 is 24.8 Å². The van der Waals surface area contributed by atoms with Crippen LogP contribution in [0, 0.1) is 5.92 Å². The zero-order chi connectivity index (χ0) is 13.1. The maximum absolute atomic E-state index is 12.0. The lowest BCUT2D eigenvalue weighted by atomic mass is 9.99. The minimum absolute atomic E-state index is 0. The third kappa shape index (κ3) is 4.06. The van der Waals surface area contributed by atoms with Crippen LogP contribution in [0.5, 0.6) is 0 Å². The highest BCUT2D eigenvalue weighted by Gasteiger charge is 2.20. The van der Waals surface area contributed by atoms with E-state index in [-0.39, 0.29) is 36.6 Å². The van der Waals surface area contributed by atoms with Gasteiger partial charge in [-0.15, -0.1) is 24.8 Å². The highest BCUT2D eigenvalue weighted by Crippen LogP contribution is 2.10. The molecule has 21 heavy (non-hydrogen) atoms. The number of nitrogens with one attached hydrogen (secondary N) is 2. The number of nitrogens with zero attached hydrogens (tertiary/aromatic N) is 3. The van der Waals surface area contributed by atoms with Crippen LogP contribution in [0.2, 0.25) is 0 Å². The zero-order valence-electron chi connectivity index (χ0n) is 11.5. The number of hydrogen-bond acceptors (Lipinski definition) is 4. The summed E-state index contributed by atoms with van der Waals surface area (Å²) >= 11 is 0. The lowest BCUT2D eigenvalue weighted by Gasteiger charge is -2.21. The molecule has 1 fully saturated rings. The van der Waals surface area contributed by atoms with E-state index in [4.69, 9.17) is 0 Å². The van der Waals surface area contributed by atoms with Crippen LogP contribution in [-0.4, -0.2) is 33.4 Å². The van der Waals surface area contributed by atoms with Crippen LogP contribution in [0.1, 0.15) is 18.5 Å². The SMILES string of the molecule is Cl.Cl.O=C(NCc1cnc2cnccn12)C1CCCNC1. The van der Waals surface area contributed by atoms with Crippen molar-refractivity contribution in [3.05, 3.63) is 30.5 Å². The first-order valence-corrected chi connectivity index (χ1v) is 6.59. The summed E-state index contributed by atoms with van der Waals surface area (Å²) < 4.78 is 1.94. The van der Waals surface area contributed by atoms with Crippen LogP contribution in [0.3, 0.4) is 0 Å². The van der Waals surface area contributed by atoms with Gasteiger partial charge in [0.05, 0.1) is 30.6 Å². The number of carbonyl (C=O) groups is 1. The molecule has 1 saturated heterocycles. The molecule has 0 radical (unpaired) electrons.